The van der Waals surface area contributed by atoms with Crippen LogP contribution >= 0.6 is 11.6 Å². The van der Waals surface area contributed by atoms with Crippen LogP contribution in [0.3, 0.4) is 0 Å². The van der Waals surface area contributed by atoms with Gasteiger partial charge in [-0.3, -0.25) is 0 Å². The van der Waals surface area contributed by atoms with Gasteiger partial charge in [-0.2, -0.15) is 0 Å². The molecule has 11 heavy (non-hydrogen) atoms. The Morgan fingerprint density at radius 3 is 2.55 bits per heavy atom. The van der Waals surface area contributed by atoms with Gasteiger partial charge in [-0.25, -0.2) is 4.39 Å². The molecule has 0 aromatic heterocycles. The van der Waals surface area contributed by atoms with Crippen molar-refractivity contribution in [1.82, 2.24) is 0 Å². The zero-order valence-corrected chi connectivity index (χ0v) is 7.14. The predicted molar refractivity (Wildman–Crippen MR) is 41.0 cm³/mol. The number of rotatable bonds is 2. The van der Waals surface area contributed by atoms with Crippen molar-refractivity contribution >= 4 is 11.6 Å². The summed E-state index contributed by atoms with van der Waals surface area (Å²) in [5.74, 6) is -0.234. The molecule has 1 aliphatic carbocycles. The number of halogens is 2. The summed E-state index contributed by atoms with van der Waals surface area (Å²) in [6.07, 6.45) is 0. The van der Waals surface area contributed by atoms with Gasteiger partial charge < -0.3 is 0 Å². The minimum atomic E-state index is -1.68. The van der Waals surface area contributed by atoms with Crippen molar-refractivity contribution in [2.75, 3.05) is 6.54 Å². The van der Waals surface area contributed by atoms with Crippen molar-refractivity contribution in [2.45, 2.75) is 19.0 Å². The Morgan fingerprint density at radius 2 is 2.27 bits per heavy atom. The van der Waals surface area contributed by atoms with E-state index < -0.39 is 10.5 Å². The monoisotopic (exact) mass is 177 g/mol. The average molecular weight is 178 g/mol. The van der Waals surface area contributed by atoms with E-state index in [2.05, 4.69) is 10.0 Å². The Hall–Kier alpha value is -0.470. The lowest BCUT2D eigenvalue weighted by Crippen LogP contribution is -2.08. The second-order valence-electron chi connectivity index (χ2n) is 3.15. The van der Waals surface area contributed by atoms with E-state index in [4.69, 9.17) is 17.1 Å². The predicted octanol–water partition coefficient (Wildman–Crippen LogP) is 2.86. The molecule has 3 atom stereocenters. The standard InChI is InChI=1S/C6H9ClFN3/c1-4-5(2,3-10-11-9)6(4,7)8/h4H,3H2,1-2H3. The van der Waals surface area contributed by atoms with Crippen LogP contribution in [0.25, 0.3) is 10.4 Å². The maximum Gasteiger partial charge on any atom is 0.192 e. The van der Waals surface area contributed by atoms with Crippen LogP contribution in [0.2, 0.25) is 0 Å². The molecule has 1 aliphatic rings. The first kappa shape index (κ1) is 8.62. The van der Waals surface area contributed by atoms with Gasteiger partial charge in [0.2, 0.25) is 0 Å². The van der Waals surface area contributed by atoms with Crippen molar-refractivity contribution in [2.24, 2.45) is 16.4 Å². The first-order valence-corrected chi connectivity index (χ1v) is 3.73. The summed E-state index contributed by atoms with van der Waals surface area (Å²) >= 11 is 5.48. The van der Waals surface area contributed by atoms with E-state index in [0.717, 1.165) is 0 Å². The van der Waals surface area contributed by atoms with Gasteiger partial charge in [0, 0.05) is 22.8 Å². The fraction of sp³-hybridized carbons (Fsp3) is 1.00. The van der Waals surface area contributed by atoms with Gasteiger partial charge in [0.25, 0.3) is 0 Å². The first-order chi connectivity index (χ1) is 4.97. The molecule has 0 aromatic carbocycles. The van der Waals surface area contributed by atoms with E-state index in [1.807, 2.05) is 0 Å². The van der Waals surface area contributed by atoms with Crippen LogP contribution in [0.15, 0.2) is 5.11 Å². The zero-order chi connectivity index (χ0) is 8.70. The van der Waals surface area contributed by atoms with Crippen molar-refractivity contribution < 1.29 is 4.39 Å². The molecular formula is C6H9ClFN3. The van der Waals surface area contributed by atoms with E-state index >= 15 is 0 Å². The van der Waals surface area contributed by atoms with E-state index in [1.165, 1.54) is 0 Å². The summed E-state index contributed by atoms with van der Waals surface area (Å²) in [5.41, 5.74) is 7.34. The normalized spacial score (nSPS) is 48.2. The van der Waals surface area contributed by atoms with E-state index in [0.29, 0.717) is 0 Å². The number of hydrogen-bond donors (Lipinski definition) is 0. The molecule has 0 spiro atoms. The van der Waals surface area contributed by atoms with Gasteiger partial charge in [-0.05, 0) is 5.53 Å². The van der Waals surface area contributed by atoms with E-state index in [-0.39, 0.29) is 12.5 Å². The Bertz CT molecular complexity index is 224. The fourth-order valence-electron chi connectivity index (χ4n) is 1.22. The minimum Gasteiger partial charge on any atom is -0.225 e. The summed E-state index contributed by atoms with van der Waals surface area (Å²) in [6.45, 7) is 3.52. The molecule has 3 unspecified atom stereocenters. The number of hydrogen-bond acceptors (Lipinski definition) is 1. The Morgan fingerprint density at radius 1 is 1.82 bits per heavy atom. The van der Waals surface area contributed by atoms with Crippen molar-refractivity contribution in [3.05, 3.63) is 10.4 Å². The lowest BCUT2D eigenvalue weighted by atomic mass is 10.1. The molecule has 1 saturated carbocycles. The molecule has 0 saturated heterocycles. The number of nitrogens with zero attached hydrogens (tertiary/aromatic N) is 3. The van der Waals surface area contributed by atoms with Crippen molar-refractivity contribution in [3.63, 3.8) is 0 Å². The lowest BCUT2D eigenvalue weighted by Gasteiger charge is -2.04. The highest BCUT2D eigenvalue weighted by atomic mass is 35.5. The molecule has 3 nitrogen and oxygen atoms in total. The Kier molecular flexibility index (Phi) is 1.77. The number of azide groups is 1. The van der Waals surface area contributed by atoms with Crippen LogP contribution in [0.5, 0.6) is 0 Å². The molecule has 1 rings (SSSR count). The quantitative estimate of drug-likeness (QED) is 0.270. The molecule has 0 bridgehead atoms. The molecule has 0 aliphatic heterocycles. The third-order valence-corrected chi connectivity index (χ3v) is 3.40. The summed E-state index contributed by atoms with van der Waals surface area (Å²) in [4.78, 5) is 2.56. The maximum absolute atomic E-state index is 13.1. The summed E-state index contributed by atoms with van der Waals surface area (Å²) < 4.78 is 13.1. The van der Waals surface area contributed by atoms with Crippen LogP contribution < -0.4 is 0 Å². The van der Waals surface area contributed by atoms with Crippen LogP contribution in [0.4, 0.5) is 4.39 Å². The van der Waals surface area contributed by atoms with Gasteiger partial charge in [0.05, 0.1) is 0 Å². The van der Waals surface area contributed by atoms with E-state index in [9.17, 15) is 4.39 Å². The lowest BCUT2D eigenvalue weighted by molar-refractivity contribution is 0.338. The molecule has 5 heteroatoms. The highest BCUT2D eigenvalue weighted by molar-refractivity contribution is 6.26. The second-order valence-corrected chi connectivity index (χ2v) is 3.70. The fourth-order valence-corrected chi connectivity index (χ4v) is 1.63. The molecular weight excluding hydrogens is 169 g/mol. The highest BCUT2D eigenvalue weighted by Gasteiger charge is 2.72. The molecule has 0 N–H and O–H groups in total. The molecule has 0 amide bonds. The summed E-state index contributed by atoms with van der Waals surface area (Å²) in [7, 11) is 0. The van der Waals surface area contributed by atoms with Crippen LogP contribution in [0.1, 0.15) is 13.8 Å². The number of alkyl halides is 2. The SMILES string of the molecule is CC1C(F)(Cl)C1(C)CN=[N+]=[N-]. The van der Waals surface area contributed by atoms with Gasteiger partial charge in [-0.15, -0.1) is 0 Å². The van der Waals surface area contributed by atoms with Crippen LogP contribution in [0, 0.1) is 11.3 Å². The summed E-state index contributed by atoms with van der Waals surface area (Å²) in [5, 5.41) is 1.63. The maximum atomic E-state index is 13.1. The largest absolute Gasteiger partial charge is 0.225 e. The van der Waals surface area contributed by atoms with Crippen LogP contribution in [-0.4, -0.2) is 11.7 Å². The van der Waals surface area contributed by atoms with Gasteiger partial charge in [-0.1, -0.05) is 30.6 Å². The Balaban J connectivity index is 2.66. The third kappa shape index (κ3) is 0.976. The third-order valence-electron chi connectivity index (χ3n) is 2.64. The molecule has 0 heterocycles. The Labute approximate surface area is 69.2 Å². The van der Waals surface area contributed by atoms with Gasteiger partial charge in [0.1, 0.15) is 0 Å². The smallest absolute Gasteiger partial charge is 0.192 e. The first-order valence-electron chi connectivity index (χ1n) is 3.35. The van der Waals surface area contributed by atoms with Crippen molar-refractivity contribution in [1.29, 1.82) is 0 Å². The highest BCUT2D eigenvalue weighted by Crippen LogP contribution is 2.67. The minimum absolute atomic E-state index is 0.130. The molecule has 1 fully saturated rings. The van der Waals surface area contributed by atoms with Gasteiger partial charge >= 0.3 is 0 Å². The van der Waals surface area contributed by atoms with Crippen LogP contribution in [-0.2, 0) is 0 Å². The van der Waals surface area contributed by atoms with E-state index in [1.54, 1.807) is 13.8 Å². The summed E-state index contributed by atoms with van der Waals surface area (Å²) in [6, 6.07) is 0. The molecule has 0 radical (unpaired) electrons. The topological polar surface area (TPSA) is 48.8 Å². The van der Waals surface area contributed by atoms with Gasteiger partial charge in [0.15, 0.2) is 5.13 Å². The average Bonchev–Trinajstić information content (AvgIpc) is 2.32. The zero-order valence-electron chi connectivity index (χ0n) is 6.38. The molecule has 62 valence electrons. The van der Waals surface area contributed by atoms with Crippen molar-refractivity contribution in [3.8, 4) is 0 Å². The second kappa shape index (κ2) is 2.26. The molecule has 0 aromatic rings.